The van der Waals surface area contributed by atoms with Crippen LogP contribution in [-0.4, -0.2) is 46.8 Å². The Morgan fingerprint density at radius 3 is 2.86 bits per heavy atom. The Hall–Kier alpha value is -1.95. The zero-order valence-corrected chi connectivity index (χ0v) is 17.6. The average molecular weight is 432 g/mol. The number of alkyl halides is 1. The van der Waals surface area contributed by atoms with E-state index in [1.807, 2.05) is 42.5 Å². The van der Waals surface area contributed by atoms with Crippen LogP contribution in [0.25, 0.3) is 11.0 Å². The highest BCUT2D eigenvalue weighted by Crippen LogP contribution is 2.33. The van der Waals surface area contributed by atoms with E-state index in [1.54, 1.807) is 0 Å². The third kappa shape index (κ3) is 3.79. The molecule has 2 aliphatic rings. The van der Waals surface area contributed by atoms with E-state index < -0.39 is 0 Å². The lowest BCUT2D eigenvalue weighted by Gasteiger charge is -2.37. The zero-order valence-electron chi connectivity index (χ0n) is 16.1. The molecule has 0 bridgehead atoms. The van der Waals surface area contributed by atoms with Gasteiger partial charge >= 0.3 is 0 Å². The van der Waals surface area contributed by atoms with E-state index in [1.165, 1.54) is 0 Å². The number of para-hydroxylation sites is 2. The first kappa shape index (κ1) is 19.0. The molecule has 0 N–H and O–H groups in total. The lowest BCUT2D eigenvalue weighted by Crippen LogP contribution is -2.45. The highest BCUT2D eigenvalue weighted by Gasteiger charge is 2.29. The first-order valence-corrected chi connectivity index (χ1v) is 11.0. The SMILES string of the molecule is ClCc1nc2ccc(Cl)cc2n1C1CCCN(CC2COc3ccccc3O2)C1. The van der Waals surface area contributed by atoms with E-state index in [0.717, 1.165) is 65.9 Å². The second-order valence-electron chi connectivity index (χ2n) is 7.72. The molecule has 0 saturated carbocycles. The summed E-state index contributed by atoms with van der Waals surface area (Å²) in [6.45, 7) is 3.41. The summed E-state index contributed by atoms with van der Waals surface area (Å²) in [5.74, 6) is 2.95. The Kier molecular flexibility index (Phi) is 5.29. The van der Waals surface area contributed by atoms with Gasteiger partial charge in [-0.15, -0.1) is 11.6 Å². The van der Waals surface area contributed by atoms with Crippen molar-refractivity contribution in [1.82, 2.24) is 14.5 Å². The highest BCUT2D eigenvalue weighted by molar-refractivity contribution is 6.31. The minimum atomic E-state index is 0.0325. The van der Waals surface area contributed by atoms with Crippen LogP contribution in [0.4, 0.5) is 0 Å². The van der Waals surface area contributed by atoms with Gasteiger partial charge in [0.2, 0.25) is 0 Å². The first-order valence-electron chi connectivity index (χ1n) is 10.0. The molecule has 0 spiro atoms. The number of aromatic nitrogens is 2. The van der Waals surface area contributed by atoms with Gasteiger partial charge in [0, 0.05) is 24.2 Å². The van der Waals surface area contributed by atoms with E-state index >= 15 is 0 Å². The van der Waals surface area contributed by atoms with Gasteiger partial charge in [-0.25, -0.2) is 4.98 Å². The van der Waals surface area contributed by atoms with Gasteiger partial charge in [-0.1, -0.05) is 23.7 Å². The maximum absolute atomic E-state index is 6.27. The third-order valence-electron chi connectivity index (χ3n) is 5.72. The lowest BCUT2D eigenvalue weighted by atomic mass is 10.0. The Morgan fingerprint density at radius 2 is 2.00 bits per heavy atom. The Bertz CT molecular complexity index is 1020. The molecule has 1 aromatic heterocycles. The average Bonchev–Trinajstić information content (AvgIpc) is 3.11. The van der Waals surface area contributed by atoms with Crippen molar-refractivity contribution < 1.29 is 9.47 Å². The standard InChI is InChI=1S/C22H23Cl2N3O2/c23-11-22-25-18-8-7-15(24)10-19(18)27(22)16-4-3-9-26(12-16)13-17-14-28-20-5-1-2-6-21(20)29-17/h1-2,5-8,10,16-17H,3-4,9,11-14H2. The number of hydrogen-bond acceptors (Lipinski definition) is 4. The van der Waals surface area contributed by atoms with Crippen molar-refractivity contribution >= 4 is 34.2 Å². The fourth-order valence-electron chi connectivity index (χ4n) is 4.47. The molecule has 5 nitrogen and oxygen atoms in total. The van der Waals surface area contributed by atoms with Gasteiger partial charge in [-0.05, 0) is 49.7 Å². The van der Waals surface area contributed by atoms with Gasteiger partial charge in [0.25, 0.3) is 0 Å². The second-order valence-corrected chi connectivity index (χ2v) is 8.42. The number of hydrogen-bond donors (Lipinski definition) is 0. The quantitative estimate of drug-likeness (QED) is 0.550. The van der Waals surface area contributed by atoms with E-state index in [-0.39, 0.29) is 6.10 Å². The smallest absolute Gasteiger partial charge is 0.161 e. The van der Waals surface area contributed by atoms with Crippen LogP contribution in [0, 0.1) is 0 Å². The van der Waals surface area contributed by atoms with Crippen molar-refractivity contribution in [2.75, 3.05) is 26.2 Å². The molecule has 0 aliphatic carbocycles. The summed E-state index contributed by atoms with van der Waals surface area (Å²) in [4.78, 5) is 7.19. The van der Waals surface area contributed by atoms with Crippen molar-refractivity contribution in [1.29, 1.82) is 0 Å². The molecule has 1 saturated heterocycles. The molecule has 1 fully saturated rings. The maximum Gasteiger partial charge on any atom is 0.161 e. The largest absolute Gasteiger partial charge is 0.486 e. The summed E-state index contributed by atoms with van der Waals surface area (Å²) in [5.41, 5.74) is 2.01. The Balaban J connectivity index is 1.34. The summed E-state index contributed by atoms with van der Waals surface area (Å²) in [6.07, 6.45) is 2.25. The summed E-state index contributed by atoms with van der Waals surface area (Å²) >= 11 is 12.5. The van der Waals surface area contributed by atoms with E-state index in [9.17, 15) is 0 Å². The molecule has 0 amide bonds. The molecule has 0 radical (unpaired) electrons. The lowest BCUT2D eigenvalue weighted by molar-refractivity contribution is 0.0462. The van der Waals surface area contributed by atoms with Crippen LogP contribution in [-0.2, 0) is 5.88 Å². The molecular formula is C22H23Cl2N3O2. The van der Waals surface area contributed by atoms with Gasteiger partial charge < -0.3 is 14.0 Å². The van der Waals surface area contributed by atoms with Crippen LogP contribution in [0.15, 0.2) is 42.5 Å². The molecule has 152 valence electrons. The number of benzene rings is 2. The van der Waals surface area contributed by atoms with Gasteiger partial charge in [-0.3, -0.25) is 4.90 Å². The van der Waals surface area contributed by atoms with Crippen LogP contribution in [0.1, 0.15) is 24.7 Å². The Labute approximate surface area is 180 Å². The normalized spacial score (nSPS) is 22.1. The number of imidazole rings is 1. The number of ether oxygens (including phenoxy) is 2. The fourth-order valence-corrected chi connectivity index (χ4v) is 4.82. The second kappa shape index (κ2) is 8.05. The van der Waals surface area contributed by atoms with E-state index in [4.69, 9.17) is 37.7 Å². The summed E-state index contributed by atoms with van der Waals surface area (Å²) < 4.78 is 14.3. The van der Waals surface area contributed by atoms with Gasteiger partial charge in [-0.2, -0.15) is 0 Å². The van der Waals surface area contributed by atoms with Crippen LogP contribution < -0.4 is 9.47 Å². The first-order chi connectivity index (χ1) is 14.2. The number of likely N-dealkylation sites (tertiary alicyclic amines) is 1. The third-order valence-corrected chi connectivity index (χ3v) is 6.19. The molecule has 7 heteroatoms. The molecule has 2 aromatic carbocycles. The predicted molar refractivity (Wildman–Crippen MR) is 115 cm³/mol. The molecule has 3 heterocycles. The van der Waals surface area contributed by atoms with E-state index in [2.05, 4.69) is 9.47 Å². The van der Waals surface area contributed by atoms with Crippen molar-refractivity contribution in [3.8, 4) is 11.5 Å². The van der Waals surface area contributed by atoms with Crippen molar-refractivity contribution in [3.63, 3.8) is 0 Å². The number of fused-ring (bicyclic) bond motifs is 2. The highest BCUT2D eigenvalue weighted by atomic mass is 35.5. The number of rotatable bonds is 4. The van der Waals surface area contributed by atoms with Crippen molar-refractivity contribution in [2.45, 2.75) is 30.9 Å². The molecule has 2 aliphatic heterocycles. The van der Waals surface area contributed by atoms with Crippen LogP contribution in [0.3, 0.4) is 0 Å². The minimum absolute atomic E-state index is 0.0325. The molecule has 2 atom stereocenters. The topological polar surface area (TPSA) is 39.5 Å². The van der Waals surface area contributed by atoms with Crippen LogP contribution in [0.5, 0.6) is 11.5 Å². The van der Waals surface area contributed by atoms with Gasteiger partial charge in [0.1, 0.15) is 18.5 Å². The maximum atomic E-state index is 6.27. The monoisotopic (exact) mass is 431 g/mol. The molecule has 2 unspecified atom stereocenters. The summed E-state index contributed by atoms with van der Waals surface area (Å²) in [5, 5.41) is 0.721. The van der Waals surface area contributed by atoms with E-state index in [0.29, 0.717) is 18.5 Å². The van der Waals surface area contributed by atoms with Crippen molar-refractivity contribution in [3.05, 3.63) is 53.3 Å². The summed E-state index contributed by atoms with van der Waals surface area (Å²) in [7, 11) is 0. The minimum Gasteiger partial charge on any atom is -0.486 e. The number of halogens is 2. The fraction of sp³-hybridized carbons (Fsp3) is 0.409. The molecule has 5 rings (SSSR count). The number of piperidine rings is 1. The van der Waals surface area contributed by atoms with Gasteiger partial charge in [0.05, 0.1) is 16.9 Å². The molecule has 29 heavy (non-hydrogen) atoms. The van der Waals surface area contributed by atoms with Gasteiger partial charge in [0.15, 0.2) is 11.5 Å². The molecule has 3 aromatic rings. The van der Waals surface area contributed by atoms with Crippen LogP contribution in [0.2, 0.25) is 5.02 Å². The predicted octanol–water partition coefficient (Wildman–Crippen LogP) is 4.91. The summed E-state index contributed by atoms with van der Waals surface area (Å²) in [6, 6.07) is 14.0. The zero-order chi connectivity index (χ0) is 19.8. The van der Waals surface area contributed by atoms with Crippen molar-refractivity contribution in [2.24, 2.45) is 0 Å². The molecular weight excluding hydrogens is 409 g/mol. The Morgan fingerprint density at radius 1 is 1.14 bits per heavy atom. The number of nitrogens with zero attached hydrogens (tertiary/aromatic N) is 3. The van der Waals surface area contributed by atoms with Crippen LogP contribution >= 0.6 is 23.2 Å².